The molecule has 0 saturated carbocycles. The first-order valence-electron chi connectivity index (χ1n) is 6.79. The average molecular weight is 451 g/mol. The van der Waals surface area contributed by atoms with Crippen molar-refractivity contribution in [3.63, 3.8) is 0 Å². The summed E-state index contributed by atoms with van der Waals surface area (Å²) in [5.41, 5.74) is 0. The summed E-state index contributed by atoms with van der Waals surface area (Å²) in [6.07, 6.45) is 0. The van der Waals surface area contributed by atoms with E-state index in [-0.39, 0.29) is 22.4 Å². The van der Waals surface area contributed by atoms with Crippen LogP contribution in [0.25, 0.3) is 0 Å². The predicted molar refractivity (Wildman–Crippen MR) is 71.7 cm³/mol. The molecule has 1 aliphatic heterocycles. The molecule has 19 heavy (non-hydrogen) atoms. The van der Waals surface area contributed by atoms with Crippen LogP contribution in [0.5, 0.6) is 0 Å². The molecule has 0 aromatic carbocycles. The molecule has 0 radical (unpaired) electrons. The van der Waals surface area contributed by atoms with Gasteiger partial charge in [-0.2, -0.15) is 0 Å². The van der Waals surface area contributed by atoms with Gasteiger partial charge in [-0.25, -0.2) is 0 Å². The van der Waals surface area contributed by atoms with Gasteiger partial charge in [0.1, 0.15) is 0 Å². The second-order valence-corrected chi connectivity index (χ2v) is 4.02. The van der Waals surface area contributed by atoms with Crippen LogP contribution in [0, 0.1) is 0 Å². The molecule has 0 atom stereocenters. The Morgan fingerprint density at radius 1 is 0.263 bits per heavy atom. The maximum atomic E-state index is 4.37. The molecule has 6 N–H and O–H groups in total. The second kappa shape index (κ2) is 16.6. The monoisotopic (exact) mass is 451 g/mol. The minimum atomic E-state index is 0. The van der Waals surface area contributed by atoms with E-state index < -0.39 is 0 Å². The van der Waals surface area contributed by atoms with E-state index in [1.54, 1.807) is 0 Å². The fourth-order valence-corrected chi connectivity index (χ4v) is 1.52. The summed E-state index contributed by atoms with van der Waals surface area (Å²) < 4.78 is 26.2. The number of ether oxygens (including phenoxy) is 6. The van der Waals surface area contributed by atoms with Gasteiger partial charge in [0.05, 0.1) is 0 Å². The minimum absolute atomic E-state index is 0. The Hall–Kier alpha value is 0.500. The van der Waals surface area contributed by atoms with Crippen molar-refractivity contribution in [1.29, 1.82) is 0 Å². The van der Waals surface area contributed by atoms with Crippen LogP contribution in [0.4, 0.5) is 0 Å². The van der Waals surface area contributed by atoms with Crippen molar-refractivity contribution >= 4 is 0 Å². The summed E-state index contributed by atoms with van der Waals surface area (Å²) in [5, 5.41) is 0. The van der Waals surface area contributed by atoms with Crippen molar-refractivity contribution in [2.75, 3.05) is 79.3 Å². The molecule has 1 rings (SSSR count). The van der Waals surface area contributed by atoms with Gasteiger partial charge in [0.2, 0.25) is 79.3 Å². The van der Waals surface area contributed by atoms with Crippen LogP contribution >= 0.6 is 0 Å². The molecule has 1 fully saturated rings. The van der Waals surface area contributed by atoms with Crippen LogP contribution in [0.15, 0.2) is 0 Å². The fraction of sp³-hybridized carbons (Fsp3) is 1.00. The molecule has 0 bridgehead atoms. The van der Waals surface area contributed by atoms with Gasteiger partial charge in [-0.3, -0.25) is 0 Å². The maximum absolute atomic E-state index is 4.37. The van der Waals surface area contributed by atoms with Gasteiger partial charge in [0.15, 0.2) is 0 Å². The zero-order valence-corrected chi connectivity index (χ0v) is 14.8. The molecule has 0 aromatic heterocycles. The van der Waals surface area contributed by atoms with Crippen molar-refractivity contribution in [3.05, 3.63) is 0 Å². The summed E-state index contributed by atoms with van der Waals surface area (Å²) in [4.78, 5) is 0. The van der Waals surface area contributed by atoms with E-state index in [1.165, 1.54) is 0 Å². The van der Waals surface area contributed by atoms with Crippen LogP contribution in [0.3, 0.4) is 0 Å². The molecule has 1 saturated heterocycles. The fourth-order valence-electron chi connectivity index (χ4n) is 1.52. The normalized spacial score (nSPS) is 22.7. The van der Waals surface area contributed by atoms with Crippen molar-refractivity contribution < 1.29 is 50.8 Å². The largest absolute Gasteiger partial charge is 5.00 e. The molecule has 6 nitrogen and oxygen atoms in total. The van der Waals surface area contributed by atoms with E-state index in [0.29, 0.717) is 0 Å². The third-order valence-corrected chi connectivity index (χ3v) is 2.50. The van der Waals surface area contributed by atoms with Crippen LogP contribution in [-0.2, 0) is 22.4 Å². The molecular weight excluding hydrogens is 421 g/mol. The molecule has 0 aromatic rings. The van der Waals surface area contributed by atoms with E-state index >= 15 is 0 Å². The summed E-state index contributed by atoms with van der Waals surface area (Å²) in [6.45, 7) is 9.78. The third kappa shape index (κ3) is 14.7. The van der Waals surface area contributed by atoms with Crippen LogP contribution in [-0.4, -0.2) is 108 Å². The quantitative estimate of drug-likeness (QED) is 0.356. The summed E-state index contributed by atoms with van der Waals surface area (Å²) in [7, 11) is 0. The molecule has 1 heterocycles. The third-order valence-electron chi connectivity index (χ3n) is 2.50. The van der Waals surface area contributed by atoms with Crippen molar-refractivity contribution in [1.82, 2.24) is 0 Å². The summed E-state index contributed by atoms with van der Waals surface area (Å²) >= 11 is 0. The molecular formula is C12H30O6Ta+11. The van der Waals surface area contributed by atoms with Gasteiger partial charge in [0, 0.05) is 0 Å². The van der Waals surface area contributed by atoms with Crippen molar-refractivity contribution in [2.45, 2.75) is 0 Å². The van der Waals surface area contributed by atoms with Gasteiger partial charge in [-0.15, -0.1) is 0 Å². The SMILES string of the molecule is C1C[OH+]CC[OH+]CC[OH+]CC[OH+]CC[OH+]CC[OH+]1.[Ta+5]. The number of rotatable bonds is 0. The van der Waals surface area contributed by atoms with Crippen LogP contribution in [0.2, 0.25) is 0 Å². The Morgan fingerprint density at radius 3 is 0.474 bits per heavy atom. The van der Waals surface area contributed by atoms with E-state index in [9.17, 15) is 0 Å². The number of hydrogen-bond donors (Lipinski definition) is 0. The van der Waals surface area contributed by atoms with Crippen LogP contribution in [0.1, 0.15) is 0 Å². The Morgan fingerprint density at radius 2 is 0.368 bits per heavy atom. The maximum Gasteiger partial charge on any atom is 5.00 e. The standard InChI is InChI=1S/C12H24O6.Ta/c1-2-14-5-6-16-9-10-18-12-11-17-8-7-15-4-3-13-1;/h1-12H2;/q;+5/p+6. The van der Waals surface area contributed by atoms with Gasteiger partial charge in [0.25, 0.3) is 0 Å². The van der Waals surface area contributed by atoms with E-state index in [2.05, 4.69) is 28.4 Å². The van der Waals surface area contributed by atoms with Crippen LogP contribution < -0.4 is 0 Å². The Balaban J connectivity index is 0.00000324. The zero-order chi connectivity index (χ0) is 12.7. The van der Waals surface area contributed by atoms with Gasteiger partial charge in [-0.05, 0) is 0 Å². The minimum Gasteiger partial charge on any atom is -0.422 e. The summed E-state index contributed by atoms with van der Waals surface area (Å²) in [6, 6.07) is 0. The van der Waals surface area contributed by atoms with E-state index in [1.807, 2.05) is 0 Å². The van der Waals surface area contributed by atoms with Crippen molar-refractivity contribution in [3.8, 4) is 0 Å². The summed E-state index contributed by atoms with van der Waals surface area (Å²) in [5.74, 6) is 0. The predicted octanol–water partition coefficient (Wildman–Crippen LogP) is -2.83. The Labute approximate surface area is 130 Å². The number of hydrogen-bond acceptors (Lipinski definition) is 0. The Kier molecular flexibility index (Phi) is 17.0. The second-order valence-electron chi connectivity index (χ2n) is 4.02. The molecule has 7 heteroatoms. The van der Waals surface area contributed by atoms with Gasteiger partial charge >= 0.3 is 22.4 Å². The smallest absolute Gasteiger partial charge is 0.422 e. The molecule has 1 aliphatic rings. The Bertz CT molecular complexity index is 97.2. The molecule has 0 aliphatic carbocycles. The zero-order valence-electron chi connectivity index (χ0n) is 11.6. The van der Waals surface area contributed by atoms with E-state index in [4.69, 9.17) is 0 Å². The van der Waals surface area contributed by atoms with Crippen molar-refractivity contribution in [2.24, 2.45) is 0 Å². The van der Waals surface area contributed by atoms with Gasteiger partial charge in [-0.1, -0.05) is 0 Å². The molecule has 0 amide bonds. The molecule has 0 spiro atoms. The average Bonchev–Trinajstić information content (AvgIpc) is 2.39. The topological polar surface area (TPSA) is 76.8 Å². The molecule has 0 unspecified atom stereocenters. The molecule has 108 valence electrons. The first-order chi connectivity index (χ1) is 9.00. The first-order valence-corrected chi connectivity index (χ1v) is 6.79. The van der Waals surface area contributed by atoms with E-state index in [0.717, 1.165) is 79.3 Å². The number of aliphatic hydroxyl groups is 12. The first kappa shape index (κ1) is 19.5. The van der Waals surface area contributed by atoms with Gasteiger partial charge < -0.3 is 28.4 Å².